The number of nitrogens with two attached hydrogens (primary N) is 1. The minimum absolute atomic E-state index is 0.353. The van der Waals surface area contributed by atoms with E-state index < -0.39 is 6.09 Å². The third kappa shape index (κ3) is 5.47. The van der Waals surface area contributed by atoms with Crippen molar-refractivity contribution in [1.82, 2.24) is 5.32 Å². The van der Waals surface area contributed by atoms with Crippen molar-refractivity contribution < 1.29 is 9.53 Å². The molecule has 0 aromatic heterocycles. The lowest BCUT2D eigenvalue weighted by Gasteiger charge is -2.25. The zero-order chi connectivity index (χ0) is 17.1. The van der Waals surface area contributed by atoms with Gasteiger partial charge in [-0.25, -0.2) is 4.79 Å². The van der Waals surface area contributed by atoms with Crippen LogP contribution in [-0.4, -0.2) is 25.2 Å². The summed E-state index contributed by atoms with van der Waals surface area (Å²) in [6, 6.07) is 3.67. The lowest BCUT2D eigenvalue weighted by Crippen LogP contribution is -2.42. The molecule has 0 aliphatic heterocycles. The predicted molar refractivity (Wildman–Crippen MR) is 92.6 cm³/mol. The van der Waals surface area contributed by atoms with E-state index >= 15 is 0 Å². The van der Waals surface area contributed by atoms with E-state index in [9.17, 15) is 4.79 Å². The Morgan fingerprint density at radius 1 is 1.36 bits per heavy atom. The van der Waals surface area contributed by atoms with Crippen LogP contribution in [0.4, 0.5) is 16.2 Å². The van der Waals surface area contributed by atoms with Gasteiger partial charge in [0.25, 0.3) is 0 Å². The molecule has 5 heteroatoms. The number of amides is 1. The zero-order valence-corrected chi connectivity index (χ0v) is 14.8. The van der Waals surface area contributed by atoms with Crippen molar-refractivity contribution in [1.29, 1.82) is 0 Å². The van der Waals surface area contributed by atoms with Gasteiger partial charge >= 0.3 is 6.09 Å². The number of benzene rings is 1. The van der Waals surface area contributed by atoms with Crippen molar-refractivity contribution in [2.24, 2.45) is 5.92 Å². The van der Waals surface area contributed by atoms with Crippen molar-refractivity contribution >= 4 is 17.5 Å². The number of rotatable bonds is 4. The quantitative estimate of drug-likeness (QED) is 0.835. The molecule has 0 bridgehead atoms. The molecule has 0 atom stereocenters. The summed E-state index contributed by atoms with van der Waals surface area (Å²) >= 11 is 0. The van der Waals surface area contributed by atoms with Gasteiger partial charge in [-0.15, -0.1) is 0 Å². The van der Waals surface area contributed by atoms with Crippen molar-refractivity contribution in [2.75, 3.05) is 24.2 Å². The lowest BCUT2D eigenvalue weighted by atomic mass is 10.1. The van der Waals surface area contributed by atoms with Crippen LogP contribution < -0.4 is 20.7 Å². The van der Waals surface area contributed by atoms with Crippen molar-refractivity contribution in [3.8, 4) is 5.75 Å². The Labute approximate surface area is 133 Å². The molecule has 0 aliphatic carbocycles. The molecule has 1 aromatic rings. The maximum absolute atomic E-state index is 11.9. The highest BCUT2D eigenvalue weighted by Gasteiger charge is 2.18. The van der Waals surface area contributed by atoms with Crippen LogP contribution >= 0.6 is 0 Å². The molecule has 22 heavy (non-hydrogen) atoms. The molecule has 0 radical (unpaired) electrons. The maximum Gasteiger partial charge on any atom is 0.413 e. The molecule has 5 nitrogen and oxygen atoms in total. The second-order valence-electron chi connectivity index (χ2n) is 7.22. The molecule has 124 valence electrons. The van der Waals surface area contributed by atoms with Gasteiger partial charge in [-0.05, 0) is 45.2 Å². The Hall–Kier alpha value is -1.91. The predicted octanol–water partition coefficient (Wildman–Crippen LogP) is 3.56. The first-order valence-corrected chi connectivity index (χ1v) is 7.61. The molecule has 3 N–H and O–H groups in total. The molecule has 0 saturated heterocycles. The smallest absolute Gasteiger partial charge is 0.408 e. The summed E-state index contributed by atoms with van der Waals surface area (Å²) in [5, 5.41) is 2.76. The highest BCUT2D eigenvalue weighted by molar-refractivity contribution is 5.76. The SMILES string of the molecule is Cc1cc(N)c(OC(=O)NC(C)(C)C)cc1N(C)CC(C)C. The Balaban J connectivity index is 2.99. The number of hydrogen-bond acceptors (Lipinski definition) is 4. The summed E-state index contributed by atoms with van der Waals surface area (Å²) in [5.41, 5.74) is 8.16. The Morgan fingerprint density at radius 2 is 1.95 bits per heavy atom. The lowest BCUT2D eigenvalue weighted by molar-refractivity contribution is 0.191. The number of nitrogens with one attached hydrogen (secondary N) is 1. The summed E-state index contributed by atoms with van der Waals surface area (Å²) in [6.07, 6.45) is -0.500. The number of aryl methyl sites for hydroxylation is 1. The molecule has 1 aromatic carbocycles. The van der Waals surface area contributed by atoms with Crippen LogP contribution in [0.1, 0.15) is 40.2 Å². The molecule has 0 saturated carbocycles. The van der Waals surface area contributed by atoms with Gasteiger partial charge in [0.05, 0.1) is 5.69 Å². The third-order valence-corrected chi connectivity index (χ3v) is 3.06. The van der Waals surface area contributed by atoms with Gasteiger partial charge in [-0.3, -0.25) is 0 Å². The molecule has 1 rings (SSSR count). The summed E-state index contributed by atoms with van der Waals surface area (Å²) in [6.45, 7) is 12.9. The molecule has 0 unspecified atom stereocenters. The van der Waals surface area contributed by atoms with Crippen molar-refractivity contribution in [3.05, 3.63) is 17.7 Å². The van der Waals surface area contributed by atoms with E-state index in [1.165, 1.54) is 0 Å². The van der Waals surface area contributed by atoms with Gasteiger partial charge in [-0.1, -0.05) is 13.8 Å². The van der Waals surface area contributed by atoms with Crippen LogP contribution in [0.5, 0.6) is 5.75 Å². The number of carbonyl (C=O) groups is 1. The molecule has 0 spiro atoms. The Morgan fingerprint density at radius 3 is 2.45 bits per heavy atom. The molecular formula is C17H29N3O2. The third-order valence-electron chi connectivity index (χ3n) is 3.06. The number of ether oxygens (including phenoxy) is 1. The summed E-state index contributed by atoms with van der Waals surface area (Å²) in [7, 11) is 2.03. The zero-order valence-electron chi connectivity index (χ0n) is 14.8. The average molecular weight is 307 g/mol. The second-order valence-corrected chi connectivity index (χ2v) is 7.22. The molecule has 0 heterocycles. The van der Waals surface area contributed by atoms with E-state index in [-0.39, 0.29) is 5.54 Å². The van der Waals surface area contributed by atoms with Gasteiger partial charge < -0.3 is 20.7 Å². The van der Waals surface area contributed by atoms with Crippen LogP contribution in [0.25, 0.3) is 0 Å². The number of nitrogens with zero attached hydrogens (tertiary/aromatic N) is 1. The molecule has 0 aliphatic rings. The monoisotopic (exact) mass is 307 g/mol. The van der Waals surface area contributed by atoms with Crippen LogP contribution in [0, 0.1) is 12.8 Å². The van der Waals surface area contributed by atoms with E-state index in [1.54, 1.807) is 0 Å². The highest BCUT2D eigenvalue weighted by Crippen LogP contribution is 2.31. The molecule has 1 amide bonds. The number of carbonyl (C=O) groups excluding carboxylic acids is 1. The Bertz CT molecular complexity index is 533. The summed E-state index contributed by atoms with van der Waals surface area (Å²) in [5.74, 6) is 0.925. The van der Waals surface area contributed by atoms with E-state index in [4.69, 9.17) is 10.5 Å². The summed E-state index contributed by atoms with van der Waals surface area (Å²) in [4.78, 5) is 14.1. The van der Waals surface area contributed by atoms with Gasteiger partial charge in [0.1, 0.15) is 0 Å². The van der Waals surface area contributed by atoms with E-state index in [2.05, 4.69) is 24.1 Å². The first kappa shape index (κ1) is 18.1. The first-order valence-electron chi connectivity index (χ1n) is 7.61. The van der Waals surface area contributed by atoms with Crippen molar-refractivity contribution in [2.45, 2.75) is 47.1 Å². The van der Waals surface area contributed by atoms with E-state index in [0.29, 0.717) is 17.4 Å². The normalized spacial score (nSPS) is 11.5. The van der Waals surface area contributed by atoms with Gasteiger partial charge in [0.2, 0.25) is 0 Å². The fourth-order valence-corrected chi connectivity index (χ4v) is 2.28. The van der Waals surface area contributed by atoms with Crippen LogP contribution in [0.3, 0.4) is 0 Å². The van der Waals surface area contributed by atoms with E-state index in [0.717, 1.165) is 17.8 Å². The number of hydrogen-bond donors (Lipinski definition) is 2. The maximum atomic E-state index is 11.9. The van der Waals surface area contributed by atoms with E-state index in [1.807, 2.05) is 46.9 Å². The minimum atomic E-state index is -0.500. The van der Waals surface area contributed by atoms with Crippen molar-refractivity contribution in [3.63, 3.8) is 0 Å². The summed E-state index contributed by atoms with van der Waals surface area (Å²) < 4.78 is 5.37. The second kappa shape index (κ2) is 6.90. The largest absolute Gasteiger partial charge is 0.413 e. The Kier molecular flexibility index (Phi) is 5.69. The highest BCUT2D eigenvalue weighted by atomic mass is 16.6. The number of anilines is 2. The first-order chi connectivity index (χ1) is 9.99. The molecule has 0 fully saturated rings. The van der Waals surface area contributed by atoms with Crippen LogP contribution in [0.15, 0.2) is 12.1 Å². The standard InChI is InChI=1S/C17H29N3O2/c1-11(2)10-20(7)14-9-15(13(18)8-12(14)3)22-16(21)19-17(4,5)6/h8-9,11H,10,18H2,1-7H3,(H,19,21). The van der Waals surface area contributed by atoms with Gasteiger partial charge in [-0.2, -0.15) is 0 Å². The fourth-order valence-electron chi connectivity index (χ4n) is 2.28. The van der Waals surface area contributed by atoms with Crippen LogP contribution in [0.2, 0.25) is 0 Å². The van der Waals surface area contributed by atoms with Gasteiger partial charge in [0.15, 0.2) is 5.75 Å². The minimum Gasteiger partial charge on any atom is -0.408 e. The van der Waals surface area contributed by atoms with Crippen LogP contribution in [-0.2, 0) is 0 Å². The topological polar surface area (TPSA) is 67.6 Å². The van der Waals surface area contributed by atoms with Gasteiger partial charge in [0, 0.05) is 30.9 Å². The number of nitrogen functional groups attached to an aromatic ring is 1. The molecular weight excluding hydrogens is 278 g/mol. The average Bonchev–Trinajstić information content (AvgIpc) is 2.29. The fraction of sp³-hybridized carbons (Fsp3) is 0.588.